The summed E-state index contributed by atoms with van der Waals surface area (Å²) in [5, 5.41) is 74.4. The van der Waals surface area contributed by atoms with Crippen molar-refractivity contribution in [1.82, 2.24) is 0 Å². The largest absolute Gasteiger partial charge is 0.393 e. The first-order valence-corrected chi connectivity index (χ1v) is 20.5. The van der Waals surface area contributed by atoms with Crippen LogP contribution < -0.4 is 0 Å². The standard InChI is InChI=1S/C40H66O13/c1-17(16-49-35-33(46)31(44)29(42)19(3)50-35)8-11-40(48-7)18(2)28-25(53-40)14-24-22-13-26(41)39-15-21(39)12-27(38(39,6)23(22)9-10-37(24,28)5)52-36-34(47)32(45)30(43)20(4)51-36/h17-36,41-47H,8-16H2,1-7H3/t17-,18-,19+,20+,21+,22+,23-,24-,25-,26+,27+,28-,29-,30-,31-,32-,33+,34+,35+,36-,37-,38-,39-,40+/m0/s1. The van der Waals surface area contributed by atoms with Crippen LogP contribution in [0.2, 0.25) is 0 Å². The Labute approximate surface area is 313 Å². The maximum absolute atomic E-state index is 12.0. The predicted molar refractivity (Wildman–Crippen MR) is 188 cm³/mol. The average molecular weight is 755 g/mol. The Morgan fingerprint density at radius 1 is 0.792 bits per heavy atom. The number of fused-ring (bicyclic) bond motifs is 6. The van der Waals surface area contributed by atoms with Crippen LogP contribution >= 0.6 is 0 Å². The molecule has 53 heavy (non-hydrogen) atoms. The molecule has 0 amide bonds. The number of aliphatic hydroxyl groups excluding tert-OH is 7. The van der Waals surface area contributed by atoms with Crippen molar-refractivity contribution in [2.45, 2.75) is 178 Å². The van der Waals surface area contributed by atoms with E-state index < -0.39 is 73.3 Å². The Morgan fingerprint density at radius 3 is 2.09 bits per heavy atom. The molecule has 8 aliphatic rings. The van der Waals surface area contributed by atoms with Gasteiger partial charge in [0.2, 0.25) is 0 Å². The average Bonchev–Trinajstić information content (AvgIpc) is 3.57. The zero-order valence-corrected chi connectivity index (χ0v) is 32.5. The second-order valence-electron chi connectivity index (χ2n) is 19.3. The molecular formula is C40H66O13. The summed E-state index contributed by atoms with van der Waals surface area (Å²) in [4.78, 5) is 0. The fraction of sp³-hybridized carbons (Fsp3) is 1.00. The van der Waals surface area contributed by atoms with Crippen LogP contribution in [0, 0.1) is 57.7 Å². The van der Waals surface area contributed by atoms with Gasteiger partial charge in [0, 0.05) is 30.3 Å². The molecule has 8 rings (SSSR count). The lowest BCUT2D eigenvalue weighted by Gasteiger charge is -2.62. The Balaban J connectivity index is 0.946. The number of hydrogen-bond acceptors (Lipinski definition) is 13. The lowest BCUT2D eigenvalue weighted by molar-refractivity contribution is -0.321. The van der Waals surface area contributed by atoms with E-state index in [0.29, 0.717) is 42.6 Å². The molecule has 3 heterocycles. The Hall–Kier alpha value is -0.520. The molecule has 7 N–H and O–H groups in total. The van der Waals surface area contributed by atoms with Crippen LogP contribution in [-0.2, 0) is 28.4 Å². The summed E-state index contributed by atoms with van der Waals surface area (Å²) < 4.78 is 37.5. The van der Waals surface area contributed by atoms with Crippen LogP contribution in [0.1, 0.15) is 92.9 Å². The molecule has 0 radical (unpaired) electrons. The Morgan fingerprint density at radius 2 is 1.43 bits per heavy atom. The zero-order chi connectivity index (χ0) is 38.2. The summed E-state index contributed by atoms with van der Waals surface area (Å²) >= 11 is 0. The van der Waals surface area contributed by atoms with Gasteiger partial charge in [-0.1, -0.05) is 27.7 Å². The Bertz CT molecular complexity index is 1360. The van der Waals surface area contributed by atoms with E-state index in [1.165, 1.54) is 0 Å². The van der Waals surface area contributed by atoms with Crippen molar-refractivity contribution in [3.8, 4) is 0 Å². The molecule has 5 saturated carbocycles. The van der Waals surface area contributed by atoms with E-state index in [1.807, 2.05) is 0 Å². The van der Waals surface area contributed by atoms with Gasteiger partial charge in [-0.25, -0.2) is 0 Å². The van der Waals surface area contributed by atoms with E-state index in [0.717, 1.165) is 44.9 Å². The monoisotopic (exact) mass is 754 g/mol. The van der Waals surface area contributed by atoms with Crippen LogP contribution in [0.15, 0.2) is 0 Å². The minimum Gasteiger partial charge on any atom is -0.393 e. The smallest absolute Gasteiger partial charge is 0.186 e. The van der Waals surface area contributed by atoms with Gasteiger partial charge in [-0.05, 0) is 99.7 Å². The second-order valence-corrected chi connectivity index (χ2v) is 19.3. The maximum Gasteiger partial charge on any atom is 0.186 e. The molecule has 13 heteroatoms. The van der Waals surface area contributed by atoms with Crippen molar-refractivity contribution in [2.75, 3.05) is 13.7 Å². The van der Waals surface area contributed by atoms with Crippen LogP contribution in [0.3, 0.4) is 0 Å². The minimum absolute atomic E-state index is 0.00760. The van der Waals surface area contributed by atoms with Gasteiger partial charge in [0.05, 0.1) is 37.1 Å². The molecular weight excluding hydrogens is 688 g/mol. The molecule has 24 atom stereocenters. The van der Waals surface area contributed by atoms with Gasteiger partial charge in [0.25, 0.3) is 0 Å². The van der Waals surface area contributed by atoms with E-state index in [4.69, 9.17) is 28.4 Å². The summed E-state index contributed by atoms with van der Waals surface area (Å²) in [7, 11) is 1.74. The highest BCUT2D eigenvalue weighted by molar-refractivity contribution is 5.29. The molecule has 3 saturated heterocycles. The highest BCUT2D eigenvalue weighted by Crippen LogP contribution is 2.82. The molecule has 0 bridgehead atoms. The van der Waals surface area contributed by atoms with Crippen molar-refractivity contribution in [2.24, 2.45) is 57.7 Å². The van der Waals surface area contributed by atoms with Crippen molar-refractivity contribution in [3.05, 3.63) is 0 Å². The molecule has 304 valence electrons. The van der Waals surface area contributed by atoms with Crippen molar-refractivity contribution in [3.63, 3.8) is 0 Å². The van der Waals surface area contributed by atoms with Gasteiger partial charge in [0.1, 0.15) is 36.6 Å². The fourth-order valence-corrected chi connectivity index (χ4v) is 14.0. The van der Waals surface area contributed by atoms with E-state index in [1.54, 1.807) is 21.0 Å². The van der Waals surface area contributed by atoms with Gasteiger partial charge in [-0.2, -0.15) is 0 Å². The molecule has 0 unspecified atom stereocenters. The lowest BCUT2D eigenvalue weighted by Crippen LogP contribution is -2.62. The first-order valence-electron chi connectivity index (χ1n) is 20.5. The maximum atomic E-state index is 12.0. The molecule has 3 aliphatic heterocycles. The van der Waals surface area contributed by atoms with E-state index in [2.05, 4.69) is 27.7 Å². The molecule has 0 aromatic heterocycles. The highest BCUT2D eigenvalue weighted by atomic mass is 16.7. The molecule has 8 fully saturated rings. The van der Waals surface area contributed by atoms with Crippen LogP contribution in [0.4, 0.5) is 0 Å². The quantitative estimate of drug-likeness (QED) is 0.180. The summed E-state index contributed by atoms with van der Waals surface area (Å²) in [6.45, 7) is 12.8. The minimum atomic E-state index is -1.35. The third-order valence-electron chi connectivity index (χ3n) is 17.1. The number of aliphatic hydroxyl groups is 7. The number of methoxy groups -OCH3 is 1. The zero-order valence-electron chi connectivity index (χ0n) is 32.5. The number of ether oxygens (including phenoxy) is 6. The molecule has 1 spiro atoms. The van der Waals surface area contributed by atoms with Gasteiger partial charge in [-0.3, -0.25) is 0 Å². The Kier molecular flexibility index (Phi) is 10.0. The first-order chi connectivity index (χ1) is 24.9. The summed E-state index contributed by atoms with van der Waals surface area (Å²) in [5.41, 5.74) is -0.518. The van der Waals surface area contributed by atoms with E-state index in [9.17, 15) is 35.7 Å². The van der Waals surface area contributed by atoms with Crippen LogP contribution in [0.25, 0.3) is 0 Å². The van der Waals surface area contributed by atoms with Crippen molar-refractivity contribution in [1.29, 1.82) is 0 Å². The van der Waals surface area contributed by atoms with Crippen molar-refractivity contribution >= 4 is 0 Å². The van der Waals surface area contributed by atoms with E-state index in [-0.39, 0.29) is 40.3 Å². The van der Waals surface area contributed by atoms with Gasteiger partial charge < -0.3 is 64.2 Å². The summed E-state index contributed by atoms with van der Waals surface area (Å²) in [6, 6.07) is 0. The van der Waals surface area contributed by atoms with Gasteiger partial charge in [0.15, 0.2) is 18.4 Å². The number of rotatable bonds is 9. The van der Waals surface area contributed by atoms with Gasteiger partial charge >= 0.3 is 0 Å². The fourth-order valence-electron chi connectivity index (χ4n) is 14.0. The van der Waals surface area contributed by atoms with E-state index >= 15 is 0 Å². The second kappa shape index (κ2) is 13.5. The SMILES string of the molecule is CO[C@]1(CC[C@H](C)CO[C@@H]2O[C@H](C)[C@H](O)[C@H](O)[C@H]2O)O[C@H]2C[C@H]3[C@@H]4C[C@@H](O)[C@]56C[C@H]5C[C@@H](O[C@@H]5O[C@H](C)[C@H](O)[C@H](O)[C@H]5O)[C@]6(C)[C@H]4CC[C@]3(C)[C@H]2[C@@H]1C. The topological polar surface area (TPSA) is 197 Å². The van der Waals surface area contributed by atoms with Gasteiger partial charge in [-0.15, -0.1) is 0 Å². The predicted octanol–water partition coefficient (Wildman–Crippen LogP) is 1.69. The summed E-state index contributed by atoms with van der Waals surface area (Å²) in [5.74, 6) is 1.14. The third kappa shape index (κ3) is 5.57. The molecule has 5 aliphatic carbocycles. The van der Waals surface area contributed by atoms with Crippen molar-refractivity contribution < 1.29 is 64.2 Å². The highest BCUT2D eigenvalue weighted by Gasteiger charge is 2.81. The lowest BCUT2D eigenvalue weighted by atomic mass is 9.44. The number of hydrogen-bond donors (Lipinski definition) is 7. The normalized spacial score (nSPS) is 60.5. The summed E-state index contributed by atoms with van der Waals surface area (Å²) in [6.07, 6.45) is -4.76. The van der Waals surface area contributed by atoms with Crippen LogP contribution in [-0.4, -0.2) is 135 Å². The van der Waals surface area contributed by atoms with Crippen LogP contribution in [0.5, 0.6) is 0 Å². The molecule has 0 aromatic rings. The first kappa shape index (κ1) is 39.3. The molecule has 0 aromatic carbocycles. The third-order valence-corrected chi connectivity index (χ3v) is 17.1. The molecule has 13 nitrogen and oxygen atoms in total.